The Morgan fingerprint density at radius 3 is 1.71 bits per heavy atom. The van der Waals surface area contributed by atoms with E-state index in [1.807, 2.05) is 0 Å². The lowest BCUT2D eigenvalue weighted by atomic mass is 11.1. The van der Waals surface area contributed by atoms with Crippen LogP contribution in [0.1, 0.15) is 0 Å². The highest BCUT2D eigenvalue weighted by Crippen LogP contribution is 2.21. The van der Waals surface area contributed by atoms with Gasteiger partial charge in [-0.25, -0.2) is 0 Å². The molecule has 1 unspecified atom stereocenters. The first-order valence-electron chi connectivity index (χ1n) is 7.63. The van der Waals surface area contributed by atoms with Gasteiger partial charge < -0.3 is 23.7 Å². The predicted molar refractivity (Wildman–Crippen MR) is 101 cm³/mol. The summed E-state index contributed by atoms with van der Waals surface area (Å²) in [5.74, 6) is 0. The third-order valence-electron chi connectivity index (χ3n) is 2.50. The Morgan fingerprint density at radius 1 is 0.810 bits per heavy atom. The van der Waals surface area contributed by atoms with Crippen molar-refractivity contribution in [3.63, 3.8) is 0 Å². The SMILES string of the molecule is C[Si](C)(C)OC[Si](C)(CNCN)O[Si](C)(C)O[Si](C)(C)C. The molecule has 1 atom stereocenters. The van der Waals surface area contributed by atoms with Gasteiger partial charge in [0, 0.05) is 12.8 Å². The molecule has 0 aliphatic rings. The Kier molecular flexibility index (Phi) is 8.23. The molecular formula is C12H36N2O3Si4. The third kappa shape index (κ3) is 11.8. The standard InChI is InChI=1S/C12H36N2O3Si4/c1-18(2,3)15-12-21(9,11-14-10-13)17-20(7,8)16-19(4,5)6/h14H,10-13H2,1-9H3. The maximum atomic E-state index is 6.57. The molecule has 0 saturated carbocycles. The smallest absolute Gasteiger partial charge is 0.311 e. The van der Waals surface area contributed by atoms with E-state index in [4.69, 9.17) is 18.4 Å². The van der Waals surface area contributed by atoms with Gasteiger partial charge in [-0.05, 0) is 58.9 Å². The van der Waals surface area contributed by atoms with E-state index in [-0.39, 0.29) is 0 Å². The van der Waals surface area contributed by atoms with Crippen LogP contribution in [0.25, 0.3) is 0 Å². The third-order valence-corrected chi connectivity index (χ3v) is 13.9. The molecule has 0 rings (SSSR count). The van der Waals surface area contributed by atoms with Gasteiger partial charge in [-0.15, -0.1) is 0 Å². The van der Waals surface area contributed by atoms with Gasteiger partial charge in [0.05, 0.1) is 6.23 Å². The molecule has 0 aromatic carbocycles. The fourth-order valence-corrected chi connectivity index (χ4v) is 17.6. The van der Waals surface area contributed by atoms with Gasteiger partial charge in [-0.1, -0.05) is 0 Å². The van der Waals surface area contributed by atoms with E-state index in [2.05, 4.69) is 64.2 Å². The summed E-state index contributed by atoms with van der Waals surface area (Å²) >= 11 is 0. The van der Waals surface area contributed by atoms with E-state index in [9.17, 15) is 0 Å². The van der Waals surface area contributed by atoms with Crippen LogP contribution in [0.4, 0.5) is 0 Å². The fourth-order valence-electron chi connectivity index (χ4n) is 2.17. The molecule has 9 heteroatoms. The Bertz CT molecular complexity index is 319. The molecule has 0 heterocycles. The zero-order valence-electron chi connectivity index (χ0n) is 15.4. The van der Waals surface area contributed by atoms with Crippen LogP contribution in [-0.4, -0.2) is 52.6 Å². The minimum atomic E-state index is -2.14. The van der Waals surface area contributed by atoms with Crippen LogP contribution in [0, 0.1) is 0 Å². The lowest BCUT2D eigenvalue weighted by Gasteiger charge is -2.40. The number of hydrogen-bond donors (Lipinski definition) is 2. The summed E-state index contributed by atoms with van der Waals surface area (Å²) in [5, 5.41) is 3.24. The van der Waals surface area contributed by atoms with Crippen molar-refractivity contribution in [2.45, 2.75) is 58.9 Å². The number of hydrogen-bond acceptors (Lipinski definition) is 5. The first kappa shape index (κ1) is 21.7. The van der Waals surface area contributed by atoms with Crippen molar-refractivity contribution in [3.05, 3.63) is 0 Å². The van der Waals surface area contributed by atoms with Crippen LogP contribution in [-0.2, 0) is 12.7 Å². The predicted octanol–water partition coefficient (Wildman–Crippen LogP) is 2.57. The summed E-state index contributed by atoms with van der Waals surface area (Å²) in [6, 6.07) is 0. The minimum absolute atomic E-state index is 0.468. The van der Waals surface area contributed by atoms with Gasteiger partial charge in [-0.3, -0.25) is 0 Å². The summed E-state index contributed by atoms with van der Waals surface area (Å²) < 4.78 is 19.0. The molecule has 0 aliphatic carbocycles. The first-order chi connectivity index (χ1) is 9.18. The summed E-state index contributed by atoms with van der Waals surface area (Å²) in [6.45, 7) is 20.2. The molecule has 0 bridgehead atoms. The maximum absolute atomic E-state index is 6.57. The van der Waals surface area contributed by atoms with E-state index < -0.39 is 33.5 Å². The van der Waals surface area contributed by atoms with Crippen molar-refractivity contribution in [3.8, 4) is 0 Å². The van der Waals surface area contributed by atoms with E-state index >= 15 is 0 Å². The van der Waals surface area contributed by atoms with Crippen LogP contribution in [0.15, 0.2) is 0 Å². The molecule has 0 saturated heterocycles. The molecule has 0 aromatic heterocycles. The molecule has 128 valence electrons. The fraction of sp³-hybridized carbons (Fsp3) is 1.00. The van der Waals surface area contributed by atoms with Crippen LogP contribution < -0.4 is 11.1 Å². The Morgan fingerprint density at radius 2 is 1.33 bits per heavy atom. The maximum Gasteiger partial charge on any atom is 0.311 e. The normalized spacial score (nSPS) is 16.9. The highest BCUT2D eigenvalue weighted by atomic mass is 28.5. The Hall–Kier alpha value is 0.668. The molecule has 0 spiro atoms. The average Bonchev–Trinajstić information content (AvgIpc) is 2.18. The highest BCUT2D eigenvalue weighted by molar-refractivity contribution is 6.88. The van der Waals surface area contributed by atoms with Crippen molar-refractivity contribution >= 4 is 33.5 Å². The van der Waals surface area contributed by atoms with Crippen molar-refractivity contribution < 1.29 is 12.7 Å². The molecule has 0 fully saturated rings. The molecule has 3 N–H and O–H groups in total. The topological polar surface area (TPSA) is 65.7 Å². The van der Waals surface area contributed by atoms with E-state index in [0.29, 0.717) is 12.9 Å². The molecule has 0 radical (unpaired) electrons. The summed E-state index contributed by atoms with van der Waals surface area (Å²) in [6.07, 6.45) is 1.51. The van der Waals surface area contributed by atoms with E-state index in [0.717, 1.165) is 6.17 Å². The summed E-state index contributed by atoms with van der Waals surface area (Å²) in [7, 11) is -7.33. The van der Waals surface area contributed by atoms with Crippen molar-refractivity contribution in [1.29, 1.82) is 0 Å². The lowest BCUT2D eigenvalue weighted by Crippen LogP contribution is -2.60. The molecule has 5 nitrogen and oxygen atoms in total. The lowest BCUT2D eigenvalue weighted by molar-refractivity contribution is 0.320. The zero-order valence-corrected chi connectivity index (χ0v) is 19.4. The number of nitrogens with one attached hydrogen (secondary N) is 1. The van der Waals surface area contributed by atoms with Crippen molar-refractivity contribution in [2.75, 3.05) is 19.1 Å². The second-order valence-electron chi connectivity index (χ2n) is 8.20. The molecule has 21 heavy (non-hydrogen) atoms. The number of rotatable bonds is 10. The van der Waals surface area contributed by atoms with E-state index in [1.54, 1.807) is 0 Å². The molecule has 0 aliphatic heterocycles. The Labute approximate surface area is 135 Å². The van der Waals surface area contributed by atoms with Crippen molar-refractivity contribution in [2.24, 2.45) is 5.73 Å². The van der Waals surface area contributed by atoms with Crippen LogP contribution in [0.5, 0.6) is 0 Å². The van der Waals surface area contributed by atoms with Crippen LogP contribution in [0.2, 0.25) is 58.9 Å². The van der Waals surface area contributed by atoms with Gasteiger partial charge in [0.15, 0.2) is 16.6 Å². The van der Waals surface area contributed by atoms with Crippen LogP contribution in [0.3, 0.4) is 0 Å². The molecular weight excluding hydrogens is 332 g/mol. The van der Waals surface area contributed by atoms with Crippen molar-refractivity contribution in [1.82, 2.24) is 5.32 Å². The Balaban J connectivity index is 4.88. The largest absolute Gasteiger partial charge is 0.437 e. The van der Waals surface area contributed by atoms with Crippen LogP contribution >= 0.6 is 0 Å². The van der Waals surface area contributed by atoms with E-state index in [1.165, 1.54) is 0 Å². The molecule has 0 amide bonds. The quantitative estimate of drug-likeness (QED) is 0.458. The number of nitrogens with two attached hydrogens (primary N) is 1. The average molecular weight is 369 g/mol. The highest BCUT2D eigenvalue weighted by Gasteiger charge is 2.41. The summed E-state index contributed by atoms with van der Waals surface area (Å²) in [5.41, 5.74) is 5.59. The van der Waals surface area contributed by atoms with Gasteiger partial charge in [-0.2, -0.15) is 0 Å². The minimum Gasteiger partial charge on any atom is -0.437 e. The summed E-state index contributed by atoms with van der Waals surface area (Å²) in [4.78, 5) is 0. The monoisotopic (exact) mass is 368 g/mol. The van der Waals surface area contributed by atoms with Gasteiger partial charge in [0.1, 0.15) is 0 Å². The second-order valence-corrected chi connectivity index (χ2v) is 24.9. The second kappa shape index (κ2) is 7.97. The van der Waals surface area contributed by atoms with Gasteiger partial charge in [0.25, 0.3) is 0 Å². The van der Waals surface area contributed by atoms with Gasteiger partial charge in [0.2, 0.25) is 8.32 Å². The first-order valence-corrected chi connectivity index (χ1v) is 20.1. The molecule has 0 aromatic rings. The zero-order chi connectivity index (χ0) is 16.9. The van der Waals surface area contributed by atoms with Gasteiger partial charge >= 0.3 is 8.56 Å².